The first-order chi connectivity index (χ1) is 22.8. The molecule has 0 aliphatic rings. The summed E-state index contributed by atoms with van der Waals surface area (Å²) >= 11 is 0. The second-order valence-corrected chi connectivity index (χ2v) is 10.4. The Kier molecular flexibility index (Phi) is 6.80. The van der Waals surface area contributed by atoms with Crippen LogP contribution in [0.2, 0.25) is 0 Å². The zero-order valence-corrected chi connectivity index (χ0v) is 23.8. The first kappa shape index (κ1) is 26.8. The number of nitrogens with one attached hydrogen (secondary N) is 4. The topological polar surface area (TPSA) is 218 Å². The number of hydrogen-bond acceptors (Lipinski definition) is 12. The molecule has 0 bridgehead atoms. The van der Waals surface area contributed by atoms with Gasteiger partial charge in [-0.2, -0.15) is 20.9 Å². The maximum Gasteiger partial charge on any atom is 0.204 e. The molecule has 0 fully saturated rings. The summed E-state index contributed by atoms with van der Waals surface area (Å²) < 4.78 is 0. The summed E-state index contributed by atoms with van der Waals surface area (Å²) in [5, 5.41) is 58.1. The van der Waals surface area contributed by atoms with Crippen molar-refractivity contribution in [2.75, 3.05) is 0 Å². The van der Waals surface area contributed by atoms with E-state index in [9.17, 15) is 0 Å². The van der Waals surface area contributed by atoms with Crippen molar-refractivity contribution in [2.45, 2.75) is 11.8 Å². The Hall–Kier alpha value is -6.84. The Morgan fingerprint density at radius 1 is 0.304 bits per heavy atom. The van der Waals surface area contributed by atoms with Crippen LogP contribution in [0, 0.1) is 0 Å². The lowest BCUT2D eigenvalue weighted by atomic mass is 9.73. The van der Waals surface area contributed by atoms with E-state index in [2.05, 4.69) is 131 Å². The highest BCUT2D eigenvalue weighted by Gasteiger charge is 2.29. The van der Waals surface area contributed by atoms with Crippen LogP contribution in [-0.2, 0) is 0 Å². The summed E-state index contributed by atoms with van der Waals surface area (Å²) in [5.41, 5.74) is 7.79. The normalized spacial score (nSPS) is 11.4. The van der Waals surface area contributed by atoms with Crippen molar-refractivity contribution in [3.8, 4) is 45.6 Å². The van der Waals surface area contributed by atoms with Gasteiger partial charge < -0.3 is 0 Å². The van der Waals surface area contributed by atoms with Gasteiger partial charge in [-0.15, -0.1) is 40.8 Å². The molecule has 8 aromatic rings. The molecule has 0 amide bonds. The van der Waals surface area contributed by atoms with E-state index in [1.54, 1.807) is 0 Å². The number of hydrogen-bond donors (Lipinski definition) is 4. The number of nitrogens with zero attached hydrogens (tertiary/aromatic N) is 12. The lowest BCUT2D eigenvalue weighted by Crippen LogP contribution is -2.15. The van der Waals surface area contributed by atoms with Gasteiger partial charge in [-0.1, -0.05) is 97.1 Å². The van der Waals surface area contributed by atoms with Gasteiger partial charge in [-0.3, -0.25) is 0 Å². The third-order valence-corrected chi connectivity index (χ3v) is 7.83. The van der Waals surface area contributed by atoms with E-state index < -0.39 is 0 Å². The van der Waals surface area contributed by atoms with Gasteiger partial charge >= 0.3 is 0 Å². The fourth-order valence-electron chi connectivity index (χ4n) is 5.65. The van der Waals surface area contributed by atoms with Gasteiger partial charge in [0.15, 0.2) is 0 Å². The van der Waals surface area contributed by atoms with Crippen molar-refractivity contribution >= 4 is 0 Å². The third-order valence-electron chi connectivity index (χ3n) is 7.83. The molecule has 222 valence electrons. The molecule has 0 aliphatic heterocycles. The van der Waals surface area contributed by atoms with E-state index in [1.807, 2.05) is 48.5 Å². The standard InChI is InChI=1S/C30H22N16/c1-9-21(27-31-39-40-32-27)10-2-17(1)25(18-3-11-22(12-4-18)28-33-41-42-34-28)26(19-5-13-23(14-6-19)29-35-43-44-36-29)20-7-15-24(16-8-20)30-37-45-46-38-30/h1-16,25-26H,(H,31,32,39,40)(H,33,34,41,42)(H,35,36,43,44)(H,37,38,45,46). The molecule has 0 atom stereocenters. The van der Waals surface area contributed by atoms with Crippen molar-refractivity contribution in [3.63, 3.8) is 0 Å². The van der Waals surface area contributed by atoms with E-state index in [4.69, 9.17) is 0 Å². The highest BCUT2D eigenvalue weighted by molar-refractivity contribution is 5.61. The van der Waals surface area contributed by atoms with Crippen molar-refractivity contribution in [2.24, 2.45) is 0 Å². The first-order valence-corrected chi connectivity index (χ1v) is 14.2. The van der Waals surface area contributed by atoms with E-state index in [0.717, 1.165) is 44.5 Å². The molecule has 0 radical (unpaired) electrons. The predicted octanol–water partition coefficient (Wildman–Crippen LogP) is 3.37. The Balaban J connectivity index is 1.27. The van der Waals surface area contributed by atoms with E-state index in [-0.39, 0.29) is 11.8 Å². The SMILES string of the molecule is c1cc(C(c2ccc(-c3nn[nH]n3)cc2)C(c2ccc(-c3nn[nH]n3)cc2)c2ccc(-c3nn[nH]n3)cc2)ccc1-c1nn[nH]n1. The quantitative estimate of drug-likeness (QED) is 0.186. The Morgan fingerprint density at radius 2 is 0.522 bits per heavy atom. The van der Waals surface area contributed by atoms with Gasteiger partial charge in [0, 0.05) is 34.1 Å². The van der Waals surface area contributed by atoms with Gasteiger partial charge in [0.2, 0.25) is 23.3 Å². The van der Waals surface area contributed by atoms with Gasteiger partial charge in [0.25, 0.3) is 0 Å². The zero-order chi connectivity index (χ0) is 30.7. The molecule has 16 heteroatoms. The van der Waals surface area contributed by atoms with Crippen LogP contribution in [0.3, 0.4) is 0 Å². The molecule has 0 saturated heterocycles. The smallest absolute Gasteiger partial charge is 0.177 e. The molecule has 46 heavy (non-hydrogen) atoms. The summed E-state index contributed by atoms with van der Waals surface area (Å²) in [6, 6.07) is 33.0. The van der Waals surface area contributed by atoms with Gasteiger partial charge in [0.1, 0.15) is 0 Å². The molecule has 0 aliphatic carbocycles. The fraction of sp³-hybridized carbons (Fsp3) is 0.0667. The lowest BCUT2D eigenvalue weighted by molar-refractivity contribution is 0.694. The number of tetrazole rings is 4. The number of H-pyrrole nitrogens is 4. The van der Waals surface area contributed by atoms with Gasteiger partial charge in [-0.05, 0) is 43.1 Å². The van der Waals surface area contributed by atoms with Crippen LogP contribution in [0.25, 0.3) is 45.6 Å². The molecule has 0 spiro atoms. The highest BCUT2D eigenvalue weighted by Crippen LogP contribution is 2.44. The van der Waals surface area contributed by atoms with Crippen LogP contribution < -0.4 is 0 Å². The summed E-state index contributed by atoms with van der Waals surface area (Å²) in [6.07, 6.45) is 0. The first-order valence-electron chi connectivity index (χ1n) is 14.2. The molecule has 16 nitrogen and oxygen atoms in total. The number of aromatic amines is 4. The van der Waals surface area contributed by atoms with E-state index in [1.165, 1.54) is 0 Å². The van der Waals surface area contributed by atoms with Crippen molar-refractivity contribution in [1.29, 1.82) is 0 Å². The predicted molar refractivity (Wildman–Crippen MR) is 162 cm³/mol. The van der Waals surface area contributed by atoms with Crippen LogP contribution in [0.1, 0.15) is 34.1 Å². The maximum atomic E-state index is 4.14. The molecule has 4 aromatic carbocycles. The largest absolute Gasteiger partial charge is 0.204 e. The zero-order valence-electron chi connectivity index (χ0n) is 23.8. The van der Waals surface area contributed by atoms with Crippen LogP contribution >= 0.6 is 0 Å². The van der Waals surface area contributed by atoms with Crippen molar-refractivity contribution in [1.82, 2.24) is 82.5 Å². The molecule has 0 saturated carbocycles. The molecular weight excluding hydrogens is 584 g/mol. The number of aromatic nitrogens is 16. The molecule has 4 N–H and O–H groups in total. The van der Waals surface area contributed by atoms with Crippen molar-refractivity contribution in [3.05, 3.63) is 119 Å². The monoisotopic (exact) mass is 606 g/mol. The van der Waals surface area contributed by atoms with E-state index in [0.29, 0.717) is 23.3 Å². The maximum absolute atomic E-state index is 4.14. The minimum atomic E-state index is -0.120. The lowest BCUT2D eigenvalue weighted by Gasteiger charge is -2.30. The number of benzene rings is 4. The fourth-order valence-corrected chi connectivity index (χ4v) is 5.65. The minimum absolute atomic E-state index is 0.120. The Morgan fingerprint density at radius 3 is 0.696 bits per heavy atom. The molecule has 8 rings (SSSR count). The molecule has 0 unspecified atom stereocenters. The summed E-state index contributed by atoms with van der Waals surface area (Å²) in [5.74, 6) is 1.87. The third kappa shape index (κ3) is 5.15. The van der Waals surface area contributed by atoms with Gasteiger partial charge in [-0.25, -0.2) is 0 Å². The van der Waals surface area contributed by atoms with Crippen LogP contribution in [0.5, 0.6) is 0 Å². The van der Waals surface area contributed by atoms with Crippen LogP contribution in [0.15, 0.2) is 97.1 Å². The highest BCUT2D eigenvalue weighted by atomic mass is 15.5. The van der Waals surface area contributed by atoms with Crippen molar-refractivity contribution < 1.29 is 0 Å². The molecule has 4 aromatic heterocycles. The second kappa shape index (κ2) is 11.7. The van der Waals surface area contributed by atoms with Crippen LogP contribution in [-0.4, -0.2) is 82.5 Å². The Bertz CT molecular complexity index is 1790. The summed E-state index contributed by atoms with van der Waals surface area (Å²) in [7, 11) is 0. The van der Waals surface area contributed by atoms with Crippen LogP contribution in [0.4, 0.5) is 0 Å². The Labute approximate surface area is 259 Å². The van der Waals surface area contributed by atoms with Gasteiger partial charge in [0.05, 0.1) is 0 Å². The number of rotatable bonds is 9. The minimum Gasteiger partial charge on any atom is -0.177 e. The average Bonchev–Trinajstić information content (AvgIpc) is 3.96. The van der Waals surface area contributed by atoms with E-state index >= 15 is 0 Å². The molecular formula is C30H22N16. The average molecular weight is 607 g/mol. The second-order valence-electron chi connectivity index (χ2n) is 10.4. The summed E-state index contributed by atoms with van der Waals surface area (Å²) in [6.45, 7) is 0. The molecule has 4 heterocycles. The summed E-state index contributed by atoms with van der Waals surface area (Å²) in [4.78, 5) is 0.